The first kappa shape index (κ1) is 14.1. The van der Waals surface area contributed by atoms with Crippen molar-refractivity contribution in [2.45, 2.75) is 17.8 Å². The summed E-state index contributed by atoms with van der Waals surface area (Å²) >= 11 is 2.81. The summed E-state index contributed by atoms with van der Waals surface area (Å²) in [6.45, 7) is 0. The van der Waals surface area contributed by atoms with Gasteiger partial charge in [-0.25, -0.2) is 9.78 Å². The minimum absolute atomic E-state index is 0.00540. The first-order chi connectivity index (χ1) is 10.1. The second kappa shape index (κ2) is 5.49. The molecule has 2 aliphatic rings. The maximum absolute atomic E-state index is 12.0. The van der Waals surface area contributed by atoms with Gasteiger partial charge in [-0.15, -0.1) is 23.1 Å². The number of carboxylic acid groups (broad SMARTS) is 1. The Hall–Kier alpha value is -1.87. The first-order valence-electron chi connectivity index (χ1n) is 6.14. The molecule has 1 aromatic rings. The average molecular weight is 325 g/mol. The van der Waals surface area contributed by atoms with Crippen molar-refractivity contribution in [3.05, 3.63) is 28.4 Å². The molecule has 1 saturated heterocycles. The van der Waals surface area contributed by atoms with Crippen LogP contribution in [-0.4, -0.2) is 49.9 Å². The molecule has 0 radical (unpaired) electrons. The summed E-state index contributed by atoms with van der Waals surface area (Å²) in [5, 5.41) is 13.8. The summed E-state index contributed by atoms with van der Waals surface area (Å²) in [6, 6.07) is -0.662. The molecule has 110 valence electrons. The van der Waals surface area contributed by atoms with Crippen LogP contribution in [0.15, 0.2) is 23.3 Å². The summed E-state index contributed by atoms with van der Waals surface area (Å²) < 4.78 is 0. The molecule has 1 fully saturated rings. The van der Waals surface area contributed by atoms with Crippen LogP contribution in [0.1, 0.15) is 5.01 Å². The predicted octanol–water partition coefficient (Wildman–Crippen LogP) is 0.0540. The molecule has 21 heavy (non-hydrogen) atoms. The van der Waals surface area contributed by atoms with E-state index in [9.17, 15) is 14.4 Å². The van der Waals surface area contributed by atoms with E-state index in [-0.39, 0.29) is 29.3 Å². The first-order valence-corrected chi connectivity index (χ1v) is 8.06. The zero-order chi connectivity index (χ0) is 15.0. The fourth-order valence-corrected chi connectivity index (χ4v) is 4.05. The van der Waals surface area contributed by atoms with E-state index in [1.165, 1.54) is 34.1 Å². The quantitative estimate of drug-likeness (QED) is 0.759. The summed E-state index contributed by atoms with van der Waals surface area (Å²) in [7, 11) is 0. The van der Waals surface area contributed by atoms with Gasteiger partial charge in [0.05, 0.1) is 6.42 Å². The van der Waals surface area contributed by atoms with E-state index >= 15 is 0 Å². The molecule has 0 saturated carbocycles. The van der Waals surface area contributed by atoms with Crippen molar-refractivity contribution >= 4 is 40.9 Å². The monoisotopic (exact) mass is 325 g/mol. The maximum Gasteiger partial charge on any atom is 0.352 e. The molecule has 0 aromatic carbocycles. The zero-order valence-corrected chi connectivity index (χ0v) is 12.3. The van der Waals surface area contributed by atoms with Crippen LogP contribution in [-0.2, 0) is 20.8 Å². The molecule has 2 amide bonds. The van der Waals surface area contributed by atoms with Crippen LogP contribution in [0.4, 0.5) is 0 Å². The van der Waals surface area contributed by atoms with Crippen LogP contribution < -0.4 is 5.32 Å². The Labute approximate surface area is 128 Å². The normalized spacial score (nSPS) is 23.9. The van der Waals surface area contributed by atoms with E-state index in [4.69, 9.17) is 5.11 Å². The lowest BCUT2D eigenvalue weighted by molar-refractivity contribution is -0.150. The zero-order valence-electron chi connectivity index (χ0n) is 10.7. The van der Waals surface area contributed by atoms with Gasteiger partial charge < -0.3 is 10.4 Å². The van der Waals surface area contributed by atoms with Crippen LogP contribution in [0.5, 0.6) is 0 Å². The van der Waals surface area contributed by atoms with E-state index in [0.717, 1.165) is 0 Å². The van der Waals surface area contributed by atoms with Crippen LogP contribution >= 0.6 is 23.1 Å². The van der Waals surface area contributed by atoms with Gasteiger partial charge in [0.15, 0.2) is 0 Å². The minimum atomic E-state index is -1.12. The third-order valence-electron chi connectivity index (χ3n) is 3.18. The van der Waals surface area contributed by atoms with Crippen molar-refractivity contribution in [1.29, 1.82) is 0 Å². The molecular formula is C12H11N3O4S2. The van der Waals surface area contributed by atoms with Gasteiger partial charge in [-0.05, 0) is 6.08 Å². The number of hydrogen-bond acceptors (Lipinski definition) is 6. The van der Waals surface area contributed by atoms with E-state index < -0.39 is 12.0 Å². The molecule has 0 spiro atoms. The lowest BCUT2D eigenvalue weighted by Gasteiger charge is -2.48. The van der Waals surface area contributed by atoms with E-state index in [2.05, 4.69) is 10.3 Å². The fraction of sp³-hybridized carbons (Fsp3) is 0.333. The lowest BCUT2D eigenvalue weighted by atomic mass is 10.0. The highest BCUT2D eigenvalue weighted by molar-refractivity contribution is 8.00. The van der Waals surface area contributed by atoms with Gasteiger partial charge in [0.25, 0.3) is 5.91 Å². The topological polar surface area (TPSA) is 99.6 Å². The molecule has 0 bridgehead atoms. The van der Waals surface area contributed by atoms with Gasteiger partial charge in [-0.3, -0.25) is 14.5 Å². The molecule has 1 unspecified atom stereocenters. The molecule has 3 heterocycles. The number of β-lactam (4-membered cyclic amide) rings is 1. The maximum atomic E-state index is 12.0. The van der Waals surface area contributed by atoms with Gasteiger partial charge in [0.2, 0.25) is 5.91 Å². The molecule has 2 aliphatic heterocycles. The number of fused-ring (bicyclic) bond motifs is 1. The largest absolute Gasteiger partial charge is 0.477 e. The molecule has 9 heteroatoms. The molecule has 0 aliphatic carbocycles. The number of aromatic nitrogens is 1. The number of carboxylic acids is 1. The Morgan fingerprint density at radius 3 is 3.00 bits per heavy atom. The molecular weight excluding hydrogens is 314 g/mol. The Morgan fingerprint density at radius 2 is 2.33 bits per heavy atom. The fourth-order valence-electron chi connectivity index (χ4n) is 2.24. The Bertz CT molecular complexity index is 628. The van der Waals surface area contributed by atoms with Crippen LogP contribution in [0.3, 0.4) is 0 Å². The van der Waals surface area contributed by atoms with Crippen molar-refractivity contribution in [2.75, 3.05) is 5.75 Å². The molecule has 2 N–H and O–H groups in total. The Balaban J connectivity index is 1.64. The number of hydrogen-bond donors (Lipinski definition) is 2. The van der Waals surface area contributed by atoms with Crippen molar-refractivity contribution in [3.63, 3.8) is 0 Å². The smallest absolute Gasteiger partial charge is 0.352 e. The van der Waals surface area contributed by atoms with Crippen molar-refractivity contribution in [2.24, 2.45) is 0 Å². The molecule has 3 rings (SSSR count). The second-order valence-corrected chi connectivity index (χ2v) is 6.60. The predicted molar refractivity (Wildman–Crippen MR) is 76.6 cm³/mol. The van der Waals surface area contributed by atoms with Crippen molar-refractivity contribution in [1.82, 2.24) is 15.2 Å². The van der Waals surface area contributed by atoms with Gasteiger partial charge >= 0.3 is 5.97 Å². The summed E-state index contributed by atoms with van der Waals surface area (Å²) in [6.07, 6.45) is 3.25. The molecule has 2 atom stereocenters. The van der Waals surface area contributed by atoms with E-state index in [0.29, 0.717) is 10.8 Å². The van der Waals surface area contributed by atoms with Crippen LogP contribution in [0.25, 0.3) is 0 Å². The number of thiazole rings is 1. The van der Waals surface area contributed by atoms with E-state index in [1.54, 1.807) is 11.6 Å². The summed E-state index contributed by atoms with van der Waals surface area (Å²) in [5.74, 6) is -1.28. The van der Waals surface area contributed by atoms with Gasteiger partial charge in [0.1, 0.15) is 22.1 Å². The Morgan fingerprint density at radius 1 is 1.52 bits per heavy atom. The molecule has 7 nitrogen and oxygen atoms in total. The summed E-state index contributed by atoms with van der Waals surface area (Å²) in [4.78, 5) is 40.2. The van der Waals surface area contributed by atoms with E-state index in [1.807, 2.05) is 0 Å². The number of nitrogens with zero attached hydrogens (tertiary/aromatic N) is 2. The number of nitrogens with one attached hydrogen (secondary N) is 1. The summed E-state index contributed by atoms with van der Waals surface area (Å²) in [5.41, 5.74) is -0.00540. The third kappa shape index (κ3) is 2.54. The standard InChI is InChI=1S/C12H11N3O4S2/c16-7(5-8-13-2-4-20-8)14-9-10(17)15-6(12(18)19)1-3-21-11(9)15/h1-2,4,9,11H,3,5H2,(H,14,16)(H,18,19)/t9?,11-/m0/s1. The van der Waals surface area contributed by atoms with Crippen molar-refractivity contribution < 1.29 is 19.5 Å². The highest BCUT2D eigenvalue weighted by atomic mass is 32.2. The van der Waals surface area contributed by atoms with Crippen LogP contribution in [0, 0.1) is 0 Å². The van der Waals surface area contributed by atoms with Gasteiger partial charge in [0, 0.05) is 17.3 Å². The highest BCUT2D eigenvalue weighted by Crippen LogP contribution is 2.37. The number of carbonyl (C=O) groups is 3. The minimum Gasteiger partial charge on any atom is -0.477 e. The lowest BCUT2D eigenvalue weighted by Crippen LogP contribution is -2.70. The third-order valence-corrected chi connectivity index (χ3v) is 5.14. The Kier molecular flexibility index (Phi) is 3.68. The van der Waals surface area contributed by atoms with Crippen LogP contribution in [0.2, 0.25) is 0 Å². The number of aliphatic carboxylic acids is 1. The van der Waals surface area contributed by atoms with Gasteiger partial charge in [-0.2, -0.15) is 0 Å². The number of rotatable bonds is 4. The number of amides is 2. The van der Waals surface area contributed by atoms with Crippen molar-refractivity contribution in [3.8, 4) is 0 Å². The highest BCUT2D eigenvalue weighted by Gasteiger charge is 2.52. The second-order valence-electron chi connectivity index (χ2n) is 4.47. The van der Waals surface area contributed by atoms with Gasteiger partial charge in [-0.1, -0.05) is 0 Å². The SMILES string of the molecule is O=C(Cc1nccs1)NC1C(=O)N2C(C(=O)O)=CCS[C@@H]12. The number of thioether (sulfide) groups is 1. The number of carbonyl (C=O) groups excluding carboxylic acids is 2. The average Bonchev–Trinajstić information content (AvgIpc) is 2.96. The molecule has 1 aromatic heterocycles.